The summed E-state index contributed by atoms with van der Waals surface area (Å²) in [6.07, 6.45) is 33.1. The summed E-state index contributed by atoms with van der Waals surface area (Å²) < 4.78 is 64.0. The van der Waals surface area contributed by atoms with Gasteiger partial charge in [-0.1, -0.05) is 174 Å². The van der Waals surface area contributed by atoms with E-state index in [1.807, 2.05) is 0 Å². The van der Waals surface area contributed by atoms with Crippen LogP contribution in [0.15, 0.2) is 103 Å². The van der Waals surface area contributed by atoms with Crippen LogP contribution in [0.4, 0.5) is 8.78 Å². The molecule has 416 valence electrons. The first-order chi connectivity index (χ1) is 37.6. The second-order valence-corrected chi connectivity index (χ2v) is 20.0. The zero-order valence-electron chi connectivity index (χ0n) is 46.0. The predicted octanol–water partition coefficient (Wildman–Crippen LogP) is 18.1. The summed E-state index contributed by atoms with van der Waals surface area (Å²) in [5.41, 5.74) is -0.228. The lowest BCUT2D eigenvalue weighted by Gasteiger charge is -2.13. The number of ether oxygens (including phenoxy) is 6. The molecule has 0 fully saturated rings. The molecule has 0 bridgehead atoms. The monoisotopic (exact) mass is 1060 g/mol. The Bertz CT molecular complexity index is 2370. The highest BCUT2D eigenvalue weighted by Crippen LogP contribution is 2.31. The van der Waals surface area contributed by atoms with E-state index in [0.29, 0.717) is 24.7 Å². The highest BCUT2D eigenvalue weighted by Gasteiger charge is 2.22. The van der Waals surface area contributed by atoms with Crippen molar-refractivity contribution in [2.75, 3.05) is 13.2 Å². The van der Waals surface area contributed by atoms with Crippen LogP contribution in [0, 0.1) is 18.6 Å². The number of esters is 4. The highest BCUT2D eigenvalue weighted by molar-refractivity contribution is 5.94. The maximum atomic E-state index is 15.3. The first kappa shape index (κ1) is 61.3. The van der Waals surface area contributed by atoms with E-state index in [2.05, 4.69) is 13.8 Å². The summed E-state index contributed by atoms with van der Waals surface area (Å²) in [5.74, 6) is -4.66. The van der Waals surface area contributed by atoms with Crippen molar-refractivity contribution in [1.82, 2.24) is 0 Å². The van der Waals surface area contributed by atoms with Crippen LogP contribution >= 0.6 is 0 Å². The fourth-order valence-corrected chi connectivity index (χ4v) is 8.90. The van der Waals surface area contributed by atoms with Gasteiger partial charge in [-0.2, -0.15) is 0 Å². The Morgan fingerprint density at radius 3 is 0.961 bits per heavy atom. The molecule has 5 aromatic rings. The standard InChI is InChI=1S/C65H82F2O10/c1-4-6-8-10-12-14-16-18-20-22-24-26-28-45-72-52-37-33-50(34-38-52)62(68)74-54-41-43-56(58(66)47-54)64(70)76-60-31-30-32-61(49(60)3)77-65(71)57-44-42-55(48-59(57)67)75-63(69)51-35-39-53(40-36-51)73-46-29-27-25-23-21-19-17-15-13-11-9-7-5-2/h30-44,47-48H,4-29,45-46H2,1-3H3. The number of benzene rings is 5. The van der Waals surface area contributed by atoms with Gasteiger partial charge in [0.25, 0.3) is 0 Å². The normalized spacial score (nSPS) is 11.0. The van der Waals surface area contributed by atoms with Gasteiger partial charge in [-0.05, 0) is 105 Å². The second-order valence-electron chi connectivity index (χ2n) is 20.0. The molecule has 0 aromatic heterocycles. The van der Waals surface area contributed by atoms with Crippen LogP contribution in [0.1, 0.15) is 228 Å². The van der Waals surface area contributed by atoms with E-state index in [4.69, 9.17) is 28.4 Å². The smallest absolute Gasteiger partial charge is 0.346 e. The summed E-state index contributed by atoms with van der Waals surface area (Å²) in [5, 5.41) is 0. The fourth-order valence-electron chi connectivity index (χ4n) is 8.90. The maximum Gasteiger partial charge on any atom is 0.346 e. The van der Waals surface area contributed by atoms with Crippen molar-refractivity contribution in [3.8, 4) is 34.5 Å². The van der Waals surface area contributed by atoms with Crippen molar-refractivity contribution in [1.29, 1.82) is 0 Å². The first-order valence-electron chi connectivity index (χ1n) is 28.6. The minimum atomic E-state index is -1.07. The Morgan fingerprint density at radius 1 is 0.351 bits per heavy atom. The van der Waals surface area contributed by atoms with Crippen molar-refractivity contribution >= 4 is 23.9 Å². The zero-order chi connectivity index (χ0) is 54.9. The number of hydrogen-bond acceptors (Lipinski definition) is 10. The van der Waals surface area contributed by atoms with E-state index in [-0.39, 0.29) is 39.7 Å². The Labute approximate surface area is 456 Å². The molecule has 77 heavy (non-hydrogen) atoms. The third kappa shape index (κ3) is 22.9. The van der Waals surface area contributed by atoms with Crippen LogP contribution in [0.3, 0.4) is 0 Å². The molecule has 0 saturated carbocycles. The average Bonchev–Trinajstić information content (AvgIpc) is 3.42. The van der Waals surface area contributed by atoms with E-state index in [1.54, 1.807) is 48.5 Å². The molecule has 0 aliphatic carbocycles. The van der Waals surface area contributed by atoms with E-state index < -0.39 is 46.6 Å². The van der Waals surface area contributed by atoms with Crippen molar-refractivity contribution in [3.63, 3.8) is 0 Å². The van der Waals surface area contributed by atoms with Crippen LogP contribution in [0.2, 0.25) is 0 Å². The van der Waals surface area contributed by atoms with Crippen molar-refractivity contribution in [2.45, 2.75) is 188 Å². The lowest BCUT2D eigenvalue weighted by Crippen LogP contribution is -2.14. The summed E-state index contributed by atoms with van der Waals surface area (Å²) >= 11 is 0. The van der Waals surface area contributed by atoms with Gasteiger partial charge >= 0.3 is 23.9 Å². The summed E-state index contributed by atoms with van der Waals surface area (Å²) in [6.45, 7) is 7.17. The summed E-state index contributed by atoms with van der Waals surface area (Å²) in [4.78, 5) is 52.1. The average molecular weight is 1060 g/mol. The molecule has 0 aliphatic heterocycles. The number of hydrogen-bond donors (Lipinski definition) is 0. The summed E-state index contributed by atoms with van der Waals surface area (Å²) in [7, 11) is 0. The minimum absolute atomic E-state index is 0.0517. The van der Waals surface area contributed by atoms with Gasteiger partial charge in [0.05, 0.1) is 35.5 Å². The van der Waals surface area contributed by atoms with E-state index in [0.717, 1.165) is 49.9 Å². The van der Waals surface area contributed by atoms with Gasteiger partial charge in [-0.15, -0.1) is 0 Å². The van der Waals surface area contributed by atoms with Crippen molar-refractivity contribution in [3.05, 3.63) is 143 Å². The Balaban J connectivity index is 0.988. The van der Waals surface area contributed by atoms with Crippen LogP contribution in [-0.2, 0) is 0 Å². The Hall–Kier alpha value is -6.56. The topological polar surface area (TPSA) is 124 Å². The lowest BCUT2D eigenvalue weighted by molar-refractivity contribution is 0.0719. The lowest BCUT2D eigenvalue weighted by atomic mass is 10.0. The predicted molar refractivity (Wildman–Crippen MR) is 299 cm³/mol. The molecule has 0 radical (unpaired) electrons. The van der Waals surface area contributed by atoms with Crippen LogP contribution < -0.4 is 28.4 Å². The summed E-state index contributed by atoms with van der Waals surface area (Å²) in [6, 6.07) is 23.9. The maximum absolute atomic E-state index is 15.3. The van der Waals surface area contributed by atoms with Crippen LogP contribution in [-0.4, -0.2) is 37.1 Å². The van der Waals surface area contributed by atoms with Gasteiger partial charge in [0.1, 0.15) is 46.1 Å². The van der Waals surface area contributed by atoms with Crippen LogP contribution in [0.5, 0.6) is 34.5 Å². The van der Waals surface area contributed by atoms with Gasteiger partial charge in [0.15, 0.2) is 0 Å². The van der Waals surface area contributed by atoms with Gasteiger partial charge in [-0.3, -0.25) is 0 Å². The molecule has 0 heterocycles. The van der Waals surface area contributed by atoms with Crippen LogP contribution in [0.25, 0.3) is 0 Å². The van der Waals surface area contributed by atoms with E-state index in [9.17, 15) is 19.2 Å². The number of carbonyl (C=O) groups is 4. The molecule has 0 saturated heterocycles. The zero-order valence-corrected chi connectivity index (χ0v) is 46.0. The highest BCUT2D eigenvalue weighted by atomic mass is 19.1. The minimum Gasteiger partial charge on any atom is -0.494 e. The molecule has 0 aliphatic rings. The molecule has 0 atom stereocenters. The fraction of sp³-hybridized carbons (Fsp3) is 0.477. The molecule has 5 rings (SSSR count). The molecule has 12 heteroatoms. The largest absolute Gasteiger partial charge is 0.494 e. The molecule has 0 unspecified atom stereocenters. The van der Waals surface area contributed by atoms with E-state index in [1.165, 1.54) is 179 Å². The second kappa shape index (κ2) is 35.7. The van der Waals surface area contributed by atoms with Gasteiger partial charge in [0, 0.05) is 17.7 Å². The van der Waals surface area contributed by atoms with Crippen molar-refractivity contribution < 1.29 is 56.4 Å². The number of halogens is 2. The first-order valence-corrected chi connectivity index (χ1v) is 28.6. The molecule has 0 spiro atoms. The molecule has 5 aromatic carbocycles. The molecule has 0 N–H and O–H groups in total. The third-order valence-corrected chi connectivity index (χ3v) is 13.6. The van der Waals surface area contributed by atoms with Gasteiger partial charge < -0.3 is 28.4 Å². The van der Waals surface area contributed by atoms with E-state index >= 15 is 8.78 Å². The molecule has 0 amide bonds. The SMILES string of the molecule is CCCCCCCCCCCCCCCOc1ccc(C(=O)Oc2ccc(C(=O)Oc3cccc(OC(=O)c4ccc(OC(=O)c5ccc(OCCCCCCCCCCCCCCC)cc5)cc4F)c3C)c(F)c2)cc1. The number of rotatable bonds is 38. The molecular formula is C65H82F2O10. The van der Waals surface area contributed by atoms with Gasteiger partial charge in [0.2, 0.25) is 0 Å². The van der Waals surface area contributed by atoms with Gasteiger partial charge in [-0.25, -0.2) is 28.0 Å². The molecular weight excluding hydrogens is 979 g/mol. The van der Waals surface area contributed by atoms with Crippen molar-refractivity contribution in [2.24, 2.45) is 0 Å². The Morgan fingerprint density at radius 2 is 0.649 bits per heavy atom. The quantitative estimate of drug-likeness (QED) is 0.0214. The number of carbonyl (C=O) groups excluding carboxylic acids is 4. The number of unbranched alkanes of at least 4 members (excludes halogenated alkanes) is 24. The third-order valence-electron chi connectivity index (χ3n) is 13.6. The molecule has 10 nitrogen and oxygen atoms in total. The Kier molecular flexibility index (Phi) is 28.4.